The Morgan fingerprint density at radius 3 is 2.45 bits per heavy atom. The Morgan fingerprint density at radius 2 is 1.85 bits per heavy atom. The number of rotatable bonds is 4. The van der Waals surface area contributed by atoms with Gasteiger partial charge in [0.25, 0.3) is 0 Å². The van der Waals surface area contributed by atoms with Gasteiger partial charge in [-0.2, -0.15) is 0 Å². The molecule has 2 aromatic rings. The Balaban J connectivity index is 2.10. The zero-order valence-electron chi connectivity index (χ0n) is 11.7. The first-order valence-corrected chi connectivity index (χ1v) is 6.62. The average Bonchev–Trinajstić information content (AvgIpc) is 2.42. The third-order valence-corrected chi connectivity index (χ3v) is 3.49. The van der Waals surface area contributed by atoms with Gasteiger partial charge in [0.15, 0.2) is 5.78 Å². The van der Waals surface area contributed by atoms with E-state index < -0.39 is 0 Å². The number of hydrogen-bond donors (Lipinski definition) is 1. The second-order valence-corrected chi connectivity index (χ2v) is 5.16. The highest BCUT2D eigenvalue weighted by molar-refractivity contribution is 5.96. The molecular formula is C17H18FNO. The van der Waals surface area contributed by atoms with Crippen LogP contribution in [-0.2, 0) is 0 Å². The average molecular weight is 271 g/mol. The molecule has 0 spiro atoms. The number of aryl methyl sites for hydroxylation is 1. The highest BCUT2D eigenvalue weighted by Crippen LogP contribution is 2.22. The monoisotopic (exact) mass is 271 g/mol. The Labute approximate surface area is 118 Å². The van der Waals surface area contributed by atoms with Crippen LogP contribution in [0.1, 0.15) is 40.7 Å². The van der Waals surface area contributed by atoms with Crippen molar-refractivity contribution in [1.82, 2.24) is 0 Å². The zero-order valence-corrected chi connectivity index (χ0v) is 11.7. The number of nitrogens with two attached hydrogens (primary N) is 1. The number of ketones is 1. The van der Waals surface area contributed by atoms with Gasteiger partial charge in [0.2, 0.25) is 0 Å². The molecule has 0 fully saturated rings. The molecule has 0 radical (unpaired) electrons. The summed E-state index contributed by atoms with van der Waals surface area (Å²) in [4.78, 5) is 12.2. The van der Waals surface area contributed by atoms with Crippen molar-refractivity contribution in [1.29, 1.82) is 0 Å². The zero-order chi connectivity index (χ0) is 14.7. The molecule has 0 aliphatic heterocycles. The summed E-state index contributed by atoms with van der Waals surface area (Å²) in [6.45, 7) is 3.66. The number of benzene rings is 2. The fraction of sp³-hybridized carbons (Fsp3) is 0.235. The van der Waals surface area contributed by atoms with E-state index in [1.54, 1.807) is 19.1 Å². The van der Waals surface area contributed by atoms with Gasteiger partial charge in [-0.05, 0) is 42.2 Å². The minimum atomic E-state index is -0.337. The Morgan fingerprint density at radius 1 is 1.20 bits per heavy atom. The highest BCUT2D eigenvalue weighted by atomic mass is 19.1. The van der Waals surface area contributed by atoms with Crippen LogP contribution < -0.4 is 5.73 Å². The maximum Gasteiger partial charge on any atom is 0.163 e. The smallest absolute Gasteiger partial charge is 0.163 e. The number of Topliss-reactive ketones (excluding diaryl/α,β-unsaturated/α-hetero) is 1. The Hall–Kier alpha value is -2.16. The number of carbonyl (C=O) groups is 1. The molecule has 1 atom stereocenters. The van der Waals surface area contributed by atoms with Gasteiger partial charge in [0.05, 0.1) is 0 Å². The van der Waals surface area contributed by atoms with Gasteiger partial charge in [0.1, 0.15) is 5.82 Å². The molecule has 0 aliphatic carbocycles. The fourth-order valence-corrected chi connectivity index (χ4v) is 2.10. The first-order chi connectivity index (χ1) is 9.47. The van der Waals surface area contributed by atoms with Crippen molar-refractivity contribution < 1.29 is 9.18 Å². The lowest BCUT2D eigenvalue weighted by molar-refractivity contribution is 0.0975. The summed E-state index contributed by atoms with van der Waals surface area (Å²) in [7, 11) is 0. The van der Waals surface area contributed by atoms with Gasteiger partial charge in [-0.25, -0.2) is 4.39 Å². The molecule has 0 bridgehead atoms. The second kappa shape index (κ2) is 5.87. The van der Waals surface area contributed by atoms with Crippen LogP contribution in [0.5, 0.6) is 0 Å². The van der Waals surface area contributed by atoms with E-state index in [-0.39, 0.29) is 17.5 Å². The molecule has 104 valence electrons. The van der Waals surface area contributed by atoms with E-state index in [9.17, 15) is 9.18 Å². The van der Waals surface area contributed by atoms with Crippen LogP contribution in [0, 0.1) is 12.7 Å². The van der Waals surface area contributed by atoms with E-state index in [0.717, 1.165) is 5.56 Å². The maximum atomic E-state index is 13.5. The number of halogens is 1. The summed E-state index contributed by atoms with van der Waals surface area (Å²) in [5.74, 6) is -0.309. The van der Waals surface area contributed by atoms with Crippen LogP contribution >= 0.6 is 0 Å². The second-order valence-electron chi connectivity index (χ2n) is 5.16. The lowest BCUT2D eigenvalue weighted by Crippen LogP contribution is -2.06. The SMILES string of the molecule is Cc1ccc(C(=O)CC(C)c2ccc(N)cc2)cc1F. The van der Waals surface area contributed by atoms with Crippen molar-refractivity contribution >= 4 is 11.5 Å². The number of hydrogen-bond acceptors (Lipinski definition) is 2. The van der Waals surface area contributed by atoms with Crippen molar-refractivity contribution in [3.63, 3.8) is 0 Å². The summed E-state index contributed by atoms with van der Waals surface area (Å²) in [5.41, 5.74) is 8.37. The summed E-state index contributed by atoms with van der Waals surface area (Å²) in [5, 5.41) is 0. The molecule has 0 heterocycles. The minimum Gasteiger partial charge on any atom is -0.399 e. The molecule has 0 aliphatic rings. The van der Waals surface area contributed by atoms with Crippen LogP contribution in [0.2, 0.25) is 0 Å². The van der Waals surface area contributed by atoms with Crippen LogP contribution in [-0.4, -0.2) is 5.78 Å². The Kier molecular flexibility index (Phi) is 4.18. The Bertz CT molecular complexity index is 619. The maximum absolute atomic E-state index is 13.5. The lowest BCUT2D eigenvalue weighted by Gasteiger charge is -2.11. The molecule has 1 unspecified atom stereocenters. The predicted octanol–water partition coefficient (Wildman–Crippen LogP) is 4.09. The standard InChI is InChI=1S/C17H18FNO/c1-11-3-4-14(10-16(11)18)17(20)9-12(2)13-5-7-15(19)8-6-13/h3-8,10,12H,9,19H2,1-2H3. The molecule has 0 amide bonds. The van der Waals surface area contributed by atoms with Gasteiger partial charge in [-0.15, -0.1) is 0 Å². The van der Waals surface area contributed by atoms with Gasteiger partial charge >= 0.3 is 0 Å². The van der Waals surface area contributed by atoms with Gasteiger partial charge < -0.3 is 5.73 Å². The van der Waals surface area contributed by atoms with E-state index in [1.807, 2.05) is 31.2 Å². The molecule has 2 rings (SSSR count). The van der Waals surface area contributed by atoms with Crippen LogP contribution in [0.15, 0.2) is 42.5 Å². The molecule has 3 heteroatoms. The van der Waals surface area contributed by atoms with Gasteiger partial charge in [-0.1, -0.05) is 31.2 Å². The van der Waals surface area contributed by atoms with Crippen molar-refractivity contribution in [2.45, 2.75) is 26.2 Å². The first-order valence-electron chi connectivity index (χ1n) is 6.62. The molecular weight excluding hydrogens is 253 g/mol. The lowest BCUT2D eigenvalue weighted by atomic mass is 9.93. The third kappa shape index (κ3) is 3.23. The summed E-state index contributed by atoms with van der Waals surface area (Å²) < 4.78 is 13.5. The quantitative estimate of drug-likeness (QED) is 0.672. The first kappa shape index (κ1) is 14.3. The largest absolute Gasteiger partial charge is 0.399 e. The molecule has 2 N–H and O–H groups in total. The van der Waals surface area contributed by atoms with Crippen molar-refractivity contribution in [2.24, 2.45) is 0 Å². The molecule has 0 saturated heterocycles. The van der Waals surface area contributed by atoms with Crippen molar-refractivity contribution in [2.75, 3.05) is 5.73 Å². The normalized spacial score (nSPS) is 12.2. The fourth-order valence-electron chi connectivity index (χ4n) is 2.10. The topological polar surface area (TPSA) is 43.1 Å². The van der Waals surface area contributed by atoms with Gasteiger partial charge in [0, 0.05) is 17.7 Å². The summed E-state index contributed by atoms with van der Waals surface area (Å²) in [6.07, 6.45) is 0.354. The van der Waals surface area contributed by atoms with E-state index in [0.29, 0.717) is 23.2 Å². The number of anilines is 1. The third-order valence-electron chi connectivity index (χ3n) is 3.49. The summed E-state index contributed by atoms with van der Waals surface area (Å²) >= 11 is 0. The van der Waals surface area contributed by atoms with Gasteiger partial charge in [-0.3, -0.25) is 4.79 Å². The van der Waals surface area contributed by atoms with Crippen molar-refractivity contribution in [3.05, 3.63) is 65.0 Å². The van der Waals surface area contributed by atoms with Crippen LogP contribution in [0.3, 0.4) is 0 Å². The van der Waals surface area contributed by atoms with E-state index in [2.05, 4.69) is 0 Å². The number of carbonyl (C=O) groups excluding carboxylic acids is 1. The summed E-state index contributed by atoms with van der Waals surface area (Å²) in [6, 6.07) is 12.1. The van der Waals surface area contributed by atoms with E-state index in [4.69, 9.17) is 5.73 Å². The highest BCUT2D eigenvalue weighted by Gasteiger charge is 2.14. The molecule has 2 nitrogen and oxygen atoms in total. The van der Waals surface area contributed by atoms with E-state index in [1.165, 1.54) is 6.07 Å². The molecule has 2 aromatic carbocycles. The molecule has 0 aromatic heterocycles. The van der Waals surface area contributed by atoms with Crippen LogP contribution in [0.25, 0.3) is 0 Å². The van der Waals surface area contributed by atoms with Crippen molar-refractivity contribution in [3.8, 4) is 0 Å². The molecule has 0 saturated carbocycles. The minimum absolute atomic E-state index is 0.0479. The predicted molar refractivity (Wildman–Crippen MR) is 79.4 cm³/mol. The number of nitrogen functional groups attached to an aromatic ring is 1. The molecule has 20 heavy (non-hydrogen) atoms. The van der Waals surface area contributed by atoms with E-state index >= 15 is 0 Å². The van der Waals surface area contributed by atoms with Crippen LogP contribution in [0.4, 0.5) is 10.1 Å².